The van der Waals surface area contributed by atoms with Crippen molar-refractivity contribution in [3.8, 4) is 11.8 Å². The molecule has 0 aliphatic carbocycles. The molecule has 1 unspecified atom stereocenters. The fraction of sp³-hybridized carbons (Fsp3) is 0.520. The Morgan fingerprint density at radius 1 is 1.15 bits per heavy atom. The Hall–Kier alpha value is -3.38. The fourth-order valence-electron chi connectivity index (χ4n) is 4.32. The summed E-state index contributed by atoms with van der Waals surface area (Å²) in [6, 6.07) is 4.85. The molecule has 9 heteroatoms. The lowest BCUT2D eigenvalue weighted by molar-refractivity contribution is -0.136. The summed E-state index contributed by atoms with van der Waals surface area (Å²) < 4.78 is 5.43. The zero-order valence-electron chi connectivity index (χ0n) is 19.8. The molecule has 0 saturated carbocycles. The Morgan fingerprint density at radius 2 is 1.88 bits per heavy atom. The van der Waals surface area contributed by atoms with Crippen LogP contribution in [0.5, 0.6) is 0 Å². The van der Waals surface area contributed by atoms with E-state index in [2.05, 4.69) is 22.1 Å². The Labute approximate surface area is 199 Å². The summed E-state index contributed by atoms with van der Waals surface area (Å²) in [4.78, 5) is 54.0. The summed E-state index contributed by atoms with van der Waals surface area (Å²) in [7, 11) is 0. The van der Waals surface area contributed by atoms with E-state index in [1.165, 1.54) is 4.90 Å². The van der Waals surface area contributed by atoms with Crippen molar-refractivity contribution >= 4 is 23.8 Å². The Bertz CT molecular complexity index is 1070. The third-order valence-electron chi connectivity index (χ3n) is 6.08. The third-order valence-corrected chi connectivity index (χ3v) is 6.08. The number of piperazine rings is 1. The van der Waals surface area contributed by atoms with Crippen LogP contribution in [0.4, 0.5) is 4.79 Å². The number of rotatable bonds is 2. The molecule has 9 nitrogen and oxygen atoms in total. The van der Waals surface area contributed by atoms with E-state index in [1.54, 1.807) is 11.0 Å². The molecule has 3 aliphatic heterocycles. The quantitative estimate of drug-likeness (QED) is 0.522. The van der Waals surface area contributed by atoms with Gasteiger partial charge >= 0.3 is 6.09 Å². The number of benzene rings is 1. The second-order valence-corrected chi connectivity index (χ2v) is 9.82. The summed E-state index contributed by atoms with van der Waals surface area (Å²) in [5.41, 5.74) is 1.73. The lowest BCUT2D eigenvalue weighted by Gasteiger charge is -2.34. The van der Waals surface area contributed by atoms with Gasteiger partial charge < -0.3 is 14.5 Å². The van der Waals surface area contributed by atoms with E-state index in [9.17, 15) is 19.2 Å². The molecule has 0 radical (unpaired) electrons. The summed E-state index contributed by atoms with van der Waals surface area (Å²) >= 11 is 0. The monoisotopic (exact) mass is 466 g/mol. The summed E-state index contributed by atoms with van der Waals surface area (Å²) in [6.45, 7) is 9.17. The van der Waals surface area contributed by atoms with Gasteiger partial charge in [-0.2, -0.15) is 0 Å². The molecular weight excluding hydrogens is 436 g/mol. The SMILES string of the molecule is CC(C)(C)OC(=O)N1CCN(CC#Cc2ccc3c(c2)CN(C2CCC(=O)NC2=O)C3=O)CC1. The van der Waals surface area contributed by atoms with Gasteiger partial charge in [-0.05, 0) is 51.0 Å². The van der Waals surface area contributed by atoms with Gasteiger partial charge in [0.2, 0.25) is 11.8 Å². The normalized spacial score (nSPS) is 21.0. The first-order valence-electron chi connectivity index (χ1n) is 11.6. The molecule has 0 bridgehead atoms. The average Bonchev–Trinajstić information content (AvgIpc) is 3.08. The van der Waals surface area contributed by atoms with Crippen LogP contribution in [0.25, 0.3) is 0 Å². The molecule has 1 aromatic rings. The number of ether oxygens (including phenoxy) is 1. The molecule has 4 amide bonds. The molecule has 2 saturated heterocycles. The van der Waals surface area contributed by atoms with Gasteiger partial charge in [0, 0.05) is 50.3 Å². The number of fused-ring (bicyclic) bond motifs is 1. The molecule has 1 aromatic carbocycles. The standard InChI is InChI=1S/C25H30N4O5/c1-25(2,3)34-24(33)28-13-11-27(12-14-28)10-4-5-17-6-7-19-18(15-17)16-29(23(19)32)20-8-9-21(30)26-22(20)31/h6-7,15,20H,8-14,16H2,1-3H3,(H,26,30,31). The maximum Gasteiger partial charge on any atom is 0.410 e. The Balaban J connectivity index is 1.31. The van der Waals surface area contributed by atoms with Gasteiger partial charge in [-0.1, -0.05) is 11.8 Å². The molecule has 1 atom stereocenters. The van der Waals surface area contributed by atoms with E-state index >= 15 is 0 Å². The van der Waals surface area contributed by atoms with Gasteiger partial charge in [0.05, 0.1) is 6.54 Å². The van der Waals surface area contributed by atoms with Crippen molar-refractivity contribution in [2.75, 3.05) is 32.7 Å². The smallest absolute Gasteiger partial charge is 0.410 e. The Morgan fingerprint density at radius 3 is 2.56 bits per heavy atom. The first kappa shape index (κ1) is 23.8. The number of amides is 4. The van der Waals surface area contributed by atoms with Crippen LogP contribution in [0, 0.1) is 11.8 Å². The minimum atomic E-state index is -0.619. The highest BCUT2D eigenvalue weighted by molar-refractivity contribution is 6.05. The summed E-state index contributed by atoms with van der Waals surface area (Å²) in [5.74, 6) is 5.45. The number of carbonyl (C=O) groups is 4. The number of hydrogen-bond acceptors (Lipinski definition) is 6. The molecule has 3 aliphatic rings. The van der Waals surface area contributed by atoms with Crippen molar-refractivity contribution in [2.24, 2.45) is 0 Å². The zero-order chi connectivity index (χ0) is 24.5. The topological polar surface area (TPSA) is 99.3 Å². The van der Waals surface area contributed by atoms with Crippen molar-refractivity contribution in [1.82, 2.24) is 20.0 Å². The fourth-order valence-corrected chi connectivity index (χ4v) is 4.32. The summed E-state index contributed by atoms with van der Waals surface area (Å²) in [5, 5.41) is 2.32. The second kappa shape index (κ2) is 9.47. The molecule has 180 valence electrons. The number of nitrogens with one attached hydrogen (secondary N) is 1. The summed E-state index contributed by atoms with van der Waals surface area (Å²) in [6.07, 6.45) is 0.301. The second-order valence-electron chi connectivity index (χ2n) is 9.82. The van der Waals surface area contributed by atoms with Crippen LogP contribution in [-0.2, 0) is 20.9 Å². The maximum absolute atomic E-state index is 12.8. The lowest BCUT2D eigenvalue weighted by Crippen LogP contribution is -2.52. The van der Waals surface area contributed by atoms with Crippen LogP contribution in [0.2, 0.25) is 0 Å². The maximum atomic E-state index is 12.8. The van der Waals surface area contributed by atoms with Crippen molar-refractivity contribution < 1.29 is 23.9 Å². The van der Waals surface area contributed by atoms with Crippen LogP contribution in [-0.4, -0.2) is 82.9 Å². The number of hydrogen-bond donors (Lipinski definition) is 1. The highest BCUT2D eigenvalue weighted by atomic mass is 16.6. The first-order valence-corrected chi connectivity index (χ1v) is 11.6. The largest absolute Gasteiger partial charge is 0.444 e. The predicted molar refractivity (Wildman–Crippen MR) is 124 cm³/mol. The minimum Gasteiger partial charge on any atom is -0.444 e. The van der Waals surface area contributed by atoms with Crippen molar-refractivity contribution in [3.05, 3.63) is 34.9 Å². The molecule has 4 rings (SSSR count). The van der Waals surface area contributed by atoms with E-state index in [0.29, 0.717) is 38.2 Å². The molecule has 34 heavy (non-hydrogen) atoms. The molecule has 1 N–H and O–H groups in total. The first-order chi connectivity index (χ1) is 16.1. The van der Waals surface area contributed by atoms with Gasteiger partial charge in [-0.25, -0.2) is 4.79 Å². The van der Waals surface area contributed by atoms with E-state index in [1.807, 2.05) is 32.9 Å². The minimum absolute atomic E-state index is 0.188. The molecular formula is C25H30N4O5. The Kier molecular flexibility index (Phi) is 6.62. The number of imide groups is 1. The molecule has 0 spiro atoms. The van der Waals surface area contributed by atoms with Gasteiger partial charge in [0.1, 0.15) is 11.6 Å². The van der Waals surface area contributed by atoms with Crippen molar-refractivity contribution in [1.29, 1.82) is 0 Å². The van der Waals surface area contributed by atoms with E-state index < -0.39 is 17.6 Å². The average molecular weight is 467 g/mol. The van der Waals surface area contributed by atoms with E-state index in [-0.39, 0.29) is 24.3 Å². The van der Waals surface area contributed by atoms with Crippen LogP contribution in [0.1, 0.15) is 55.1 Å². The van der Waals surface area contributed by atoms with E-state index in [0.717, 1.165) is 24.2 Å². The highest BCUT2D eigenvalue weighted by Crippen LogP contribution is 2.28. The van der Waals surface area contributed by atoms with Gasteiger partial charge in [-0.3, -0.25) is 24.6 Å². The number of nitrogens with zero attached hydrogens (tertiary/aromatic N) is 3. The zero-order valence-corrected chi connectivity index (χ0v) is 19.8. The van der Waals surface area contributed by atoms with Crippen molar-refractivity contribution in [2.45, 2.75) is 51.8 Å². The van der Waals surface area contributed by atoms with E-state index in [4.69, 9.17) is 4.74 Å². The molecule has 2 fully saturated rings. The van der Waals surface area contributed by atoms with Crippen molar-refractivity contribution in [3.63, 3.8) is 0 Å². The molecule has 0 aromatic heterocycles. The van der Waals surface area contributed by atoms with Crippen LogP contribution < -0.4 is 5.32 Å². The molecule has 3 heterocycles. The van der Waals surface area contributed by atoms with Gasteiger partial charge in [-0.15, -0.1) is 0 Å². The van der Waals surface area contributed by atoms with Crippen LogP contribution in [0.15, 0.2) is 18.2 Å². The third kappa shape index (κ3) is 5.39. The number of carbonyl (C=O) groups excluding carboxylic acids is 4. The predicted octanol–water partition coefficient (Wildman–Crippen LogP) is 1.35. The highest BCUT2D eigenvalue weighted by Gasteiger charge is 2.39. The van der Waals surface area contributed by atoms with Gasteiger partial charge in [0.25, 0.3) is 5.91 Å². The lowest BCUT2D eigenvalue weighted by atomic mass is 10.0. The van der Waals surface area contributed by atoms with Crippen LogP contribution in [0.3, 0.4) is 0 Å². The van der Waals surface area contributed by atoms with Crippen LogP contribution >= 0.6 is 0 Å². The van der Waals surface area contributed by atoms with Gasteiger partial charge in [0.15, 0.2) is 0 Å². The number of piperidine rings is 1.